The summed E-state index contributed by atoms with van der Waals surface area (Å²) in [5.41, 5.74) is 4.25. The number of ether oxygens (including phenoxy) is 3. The van der Waals surface area contributed by atoms with Crippen LogP contribution in [0.3, 0.4) is 0 Å². The summed E-state index contributed by atoms with van der Waals surface area (Å²) in [6.07, 6.45) is -0.718. The lowest BCUT2D eigenvalue weighted by atomic mass is 9.68. The molecule has 1 saturated heterocycles. The van der Waals surface area contributed by atoms with Crippen LogP contribution in [-0.2, 0) is 6.42 Å². The second-order valence-electron chi connectivity index (χ2n) is 13.1. The number of para-hydroxylation sites is 1. The molecule has 3 atom stereocenters. The molecule has 0 spiro atoms. The molecule has 2 heterocycles. The maximum atomic E-state index is 14.4. The van der Waals surface area contributed by atoms with Crippen molar-refractivity contribution in [2.75, 3.05) is 34.4 Å². The number of nitrogens with zero attached hydrogens (tertiary/aromatic N) is 2. The Labute approximate surface area is 257 Å². The molecule has 9 heteroatoms. The van der Waals surface area contributed by atoms with Gasteiger partial charge in [0.2, 0.25) is 5.75 Å². The second kappa shape index (κ2) is 12.0. The molecule has 3 aromatic rings. The highest BCUT2D eigenvalue weighted by Gasteiger charge is 2.47. The van der Waals surface area contributed by atoms with E-state index < -0.39 is 18.0 Å². The van der Waals surface area contributed by atoms with Crippen LogP contribution in [0, 0.1) is 23.2 Å². The number of benzene rings is 2. The summed E-state index contributed by atoms with van der Waals surface area (Å²) in [7, 11) is 4.68. The van der Waals surface area contributed by atoms with Gasteiger partial charge in [0.1, 0.15) is 0 Å². The highest BCUT2D eigenvalue weighted by Crippen LogP contribution is 2.47. The highest BCUT2D eigenvalue weighted by molar-refractivity contribution is 6.09. The van der Waals surface area contributed by atoms with Crippen molar-refractivity contribution in [3.63, 3.8) is 0 Å². The van der Waals surface area contributed by atoms with E-state index in [-0.39, 0.29) is 30.3 Å². The number of likely N-dealkylation sites (tertiary alicyclic amines) is 1. The van der Waals surface area contributed by atoms with E-state index in [4.69, 9.17) is 19.2 Å². The second-order valence-corrected chi connectivity index (χ2v) is 13.1. The molecule has 2 aliphatic rings. The number of aromatic nitrogens is 1. The number of allylic oxidation sites excluding steroid dienone is 1. The van der Waals surface area contributed by atoms with Crippen LogP contribution in [0.2, 0.25) is 0 Å². The molecule has 236 valence electrons. The van der Waals surface area contributed by atoms with Crippen molar-refractivity contribution < 1.29 is 32.2 Å². The highest BCUT2D eigenvalue weighted by atomic mass is 19.4. The fourth-order valence-corrected chi connectivity index (χ4v) is 6.60. The standard InChI is InChI=1S/C35H41F3N2O4/c1-20-12-13-40(19-26(20)35(36,37)38)33(41)30-24-10-8-9-11-27(24)39-31-22(17-23(18-25(30)31)34(2,3)4)14-21-15-28(42-5)32(44-7)29(16-21)43-6/h8-11,14-16,20,23,26H,12-13,17-19H2,1-7H3/b22-14-. The summed E-state index contributed by atoms with van der Waals surface area (Å²) in [6, 6.07) is 11.2. The van der Waals surface area contributed by atoms with E-state index in [0.29, 0.717) is 58.7 Å². The molecular formula is C35H41F3N2O4. The third-order valence-corrected chi connectivity index (χ3v) is 9.35. The summed E-state index contributed by atoms with van der Waals surface area (Å²) in [6.45, 7) is 8.10. The van der Waals surface area contributed by atoms with Gasteiger partial charge < -0.3 is 19.1 Å². The lowest BCUT2D eigenvalue weighted by Gasteiger charge is -2.40. The third kappa shape index (κ3) is 5.97. The minimum atomic E-state index is -4.37. The van der Waals surface area contributed by atoms with Crippen LogP contribution in [0.5, 0.6) is 17.2 Å². The first-order chi connectivity index (χ1) is 20.8. The molecule has 0 radical (unpaired) electrons. The van der Waals surface area contributed by atoms with E-state index in [1.165, 1.54) is 4.90 Å². The number of halogens is 3. The van der Waals surface area contributed by atoms with Crippen molar-refractivity contribution in [1.82, 2.24) is 9.88 Å². The zero-order chi connectivity index (χ0) is 32.0. The van der Waals surface area contributed by atoms with Gasteiger partial charge in [-0.3, -0.25) is 4.79 Å². The Kier molecular flexibility index (Phi) is 8.62. The van der Waals surface area contributed by atoms with Gasteiger partial charge in [0.25, 0.3) is 5.91 Å². The predicted molar refractivity (Wildman–Crippen MR) is 166 cm³/mol. The first kappa shape index (κ1) is 31.7. The SMILES string of the molecule is COc1cc(/C=C2/CC(C(C)(C)C)Cc3c2nc2ccccc2c3C(=O)N2CCC(C)C(C(F)(F)F)C2)cc(OC)c1OC. The Morgan fingerprint density at radius 1 is 1.00 bits per heavy atom. The van der Waals surface area contributed by atoms with Crippen molar-refractivity contribution >= 4 is 28.5 Å². The molecule has 44 heavy (non-hydrogen) atoms. The van der Waals surface area contributed by atoms with Gasteiger partial charge in [-0.2, -0.15) is 13.2 Å². The van der Waals surface area contributed by atoms with Crippen molar-refractivity contribution in [2.24, 2.45) is 23.2 Å². The third-order valence-electron chi connectivity index (χ3n) is 9.35. The van der Waals surface area contributed by atoms with Gasteiger partial charge in [0, 0.05) is 18.5 Å². The largest absolute Gasteiger partial charge is 0.493 e. The normalized spacial score (nSPS) is 21.7. The Morgan fingerprint density at radius 3 is 2.25 bits per heavy atom. The Hall–Kier alpha value is -3.75. The number of hydrogen-bond donors (Lipinski definition) is 0. The number of piperidine rings is 1. The van der Waals surface area contributed by atoms with E-state index in [1.54, 1.807) is 28.3 Å². The fourth-order valence-electron chi connectivity index (χ4n) is 6.60. The summed E-state index contributed by atoms with van der Waals surface area (Å²) in [5.74, 6) is -0.781. The van der Waals surface area contributed by atoms with E-state index >= 15 is 0 Å². The summed E-state index contributed by atoms with van der Waals surface area (Å²) < 4.78 is 58.6. The van der Waals surface area contributed by atoms with Gasteiger partial charge in [-0.1, -0.05) is 45.9 Å². The number of amides is 1. The number of pyridine rings is 1. The molecular weight excluding hydrogens is 569 g/mol. The van der Waals surface area contributed by atoms with Crippen LogP contribution < -0.4 is 14.2 Å². The van der Waals surface area contributed by atoms with Crippen LogP contribution >= 0.6 is 0 Å². The molecule has 3 unspecified atom stereocenters. The van der Waals surface area contributed by atoms with Crippen molar-refractivity contribution in [3.8, 4) is 17.2 Å². The van der Waals surface area contributed by atoms with Crippen LogP contribution in [0.15, 0.2) is 36.4 Å². The van der Waals surface area contributed by atoms with Gasteiger partial charge in [-0.25, -0.2) is 4.98 Å². The van der Waals surface area contributed by atoms with Crippen molar-refractivity contribution in [2.45, 2.75) is 53.1 Å². The minimum Gasteiger partial charge on any atom is -0.493 e. The van der Waals surface area contributed by atoms with Crippen molar-refractivity contribution in [1.29, 1.82) is 0 Å². The summed E-state index contributed by atoms with van der Waals surface area (Å²) >= 11 is 0. The topological polar surface area (TPSA) is 60.9 Å². The lowest BCUT2D eigenvalue weighted by Crippen LogP contribution is -2.48. The van der Waals surface area contributed by atoms with Gasteiger partial charge in [0.05, 0.1) is 44.0 Å². The van der Waals surface area contributed by atoms with Crippen LogP contribution in [0.1, 0.15) is 67.7 Å². The monoisotopic (exact) mass is 610 g/mol. The van der Waals surface area contributed by atoms with E-state index in [0.717, 1.165) is 16.7 Å². The van der Waals surface area contributed by atoms with Crippen LogP contribution in [-0.4, -0.2) is 56.4 Å². The maximum Gasteiger partial charge on any atom is 0.393 e. The average Bonchev–Trinajstić information content (AvgIpc) is 2.98. The predicted octanol–water partition coefficient (Wildman–Crippen LogP) is 8.07. The molecule has 1 aromatic heterocycles. The molecule has 1 fully saturated rings. The van der Waals surface area contributed by atoms with E-state index in [1.807, 2.05) is 42.5 Å². The lowest BCUT2D eigenvalue weighted by molar-refractivity contribution is -0.196. The number of fused-ring (bicyclic) bond motifs is 2. The van der Waals surface area contributed by atoms with Gasteiger partial charge in [-0.05, 0) is 77.5 Å². The summed E-state index contributed by atoms with van der Waals surface area (Å²) in [4.78, 5) is 20.9. The molecule has 2 aromatic carbocycles. The molecule has 0 N–H and O–H groups in total. The van der Waals surface area contributed by atoms with Crippen LogP contribution in [0.4, 0.5) is 13.2 Å². The number of carbonyl (C=O) groups excluding carboxylic acids is 1. The van der Waals surface area contributed by atoms with Crippen molar-refractivity contribution in [3.05, 3.63) is 58.8 Å². The van der Waals surface area contributed by atoms with E-state index in [9.17, 15) is 18.0 Å². The number of hydrogen-bond acceptors (Lipinski definition) is 5. The summed E-state index contributed by atoms with van der Waals surface area (Å²) in [5, 5.41) is 0.667. The molecule has 1 aliphatic carbocycles. The van der Waals surface area contributed by atoms with Gasteiger partial charge in [-0.15, -0.1) is 0 Å². The molecule has 6 nitrogen and oxygen atoms in total. The zero-order valence-corrected chi connectivity index (χ0v) is 26.5. The zero-order valence-electron chi connectivity index (χ0n) is 26.5. The maximum absolute atomic E-state index is 14.4. The average molecular weight is 611 g/mol. The quantitative estimate of drug-likeness (QED) is 0.292. The minimum absolute atomic E-state index is 0.111. The molecule has 0 saturated carbocycles. The molecule has 1 aliphatic heterocycles. The van der Waals surface area contributed by atoms with Gasteiger partial charge >= 0.3 is 6.18 Å². The Morgan fingerprint density at radius 2 is 1.66 bits per heavy atom. The molecule has 0 bridgehead atoms. The number of alkyl halides is 3. The smallest absolute Gasteiger partial charge is 0.393 e. The molecule has 5 rings (SSSR count). The van der Waals surface area contributed by atoms with Gasteiger partial charge in [0.15, 0.2) is 11.5 Å². The Balaban J connectivity index is 1.71. The van der Waals surface area contributed by atoms with Crippen LogP contribution in [0.25, 0.3) is 22.6 Å². The first-order valence-corrected chi connectivity index (χ1v) is 15.0. The Bertz CT molecular complexity index is 1570. The molecule has 1 amide bonds. The number of carbonyl (C=O) groups is 1. The number of rotatable bonds is 5. The number of methoxy groups -OCH3 is 3. The van der Waals surface area contributed by atoms with E-state index in [2.05, 4.69) is 20.8 Å². The first-order valence-electron chi connectivity index (χ1n) is 15.0. The fraction of sp³-hybridized carbons (Fsp3) is 0.486.